The molecule has 0 saturated carbocycles. The second kappa shape index (κ2) is 7.88. The van der Waals surface area contributed by atoms with E-state index in [9.17, 15) is 4.79 Å². The van der Waals surface area contributed by atoms with Gasteiger partial charge in [0.2, 0.25) is 5.91 Å². The molecular weight excluding hydrogens is 224 g/mol. The molecule has 0 radical (unpaired) electrons. The van der Waals surface area contributed by atoms with Crippen LogP contribution in [0.5, 0.6) is 0 Å². The Morgan fingerprint density at radius 1 is 1.28 bits per heavy atom. The van der Waals surface area contributed by atoms with Crippen LogP contribution in [-0.2, 0) is 11.2 Å². The number of anilines is 1. The Hall–Kier alpha value is -1.35. The summed E-state index contributed by atoms with van der Waals surface area (Å²) >= 11 is 0. The van der Waals surface area contributed by atoms with Gasteiger partial charge in [-0.15, -0.1) is 0 Å². The third-order valence-electron chi connectivity index (χ3n) is 2.81. The fourth-order valence-corrected chi connectivity index (χ4v) is 1.80. The highest BCUT2D eigenvalue weighted by atomic mass is 16.1. The van der Waals surface area contributed by atoms with Crippen molar-refractivity contribution in [3.63, 3.8) is 0 Å². The van der Waals surface area contributed by atoms with E-state index < -0.39 is 0 Å². The summed E-state index contributed by atoms with van der Waals surface area (Å²) in [6.07, 6.45) is 2.38. The van der Waals surface area contributed by atoms with Crippen LogP contribution in [0.1, 0.15) is 39.2 Å². The molecule has 0 spiro atoms. The van der Waals surface area contributed by atoms with Crippen LogP contribution in [0, 0.1) is 0 Å². The van der Waals surface area contributed by atoms with Crippen molar-refractivity contribution in [1.82, 2.24) is 5.32 Å². The SMILES string of the molecule is CCc1ccccc1NC(=O)CCCNC(C)C. The first kappa shape index (κ1) is 14.7. The van der Waals surface area contributed by atoms with Crippen LogP contribution in [0.15, 0.2) is 24.3 Å². The monoisotopic (exact) mass is 248 g/mol. The quantitative estimate of drug-likeness (QED) is 0.728. The van der Waals surface area contributed by atoms with Gasteiger partial charge in [-0.05, 0) is 31.0 Å². The molecule has 0 aliphatic heterocycles. The predicted octanol–water partition coefficient (Wildman–Crippen LogP) is 2.97. The van der Waals surface area contributed by atoms with Gasteiger partial charge < -0.3 is 10.6 Å². The largest absolute Gasteiger partial charge is 0.326 e. The number of hydrogen-bond acceptors (Lipinski definition) is 2. The van der Waals surface area contributed by atoms with E-state index in [2.05, 4.69) is 37.5 Å². The van der Waals surface area contributed by atoms with Gasteiger partial charge in [0.25, 0.3) is 0 Å². The van der Waals surface area contributed by atoms with E-state index in [1.54, 1.807) is 0 Å². The summed E-state index contributed by atoms with van der Waals surface area (Å²) in [4.78, 5) is 11.8. The molecule has 1 aromatic rings. The van der Waals surface area contributed by atoms with E-state index >= 15 is 0 Å². The van der Waals surface area contributed by atoms with E-state index in [4.69, 9.17) is 0 Å². The molecule has 0 heterocycles. The lowest BCUT2D eigenvalue weighted by atomic mass is 10.1. The third-order valence-corrected chi connectivity index (χ3v) is 2.81. The zero-order valence-electron chi connectivity index (χ0n) is 11.6. The lowest BCUT2D eigenvalue weighted by Crippen LogP contribution is -2.24. The van der Waals surface area contributed by atoms with Crippen LogP contribution in [0.3, 0.4) is 0 Å². The summed E-state index contributed by atoms with van der Waals surface area (Å²) in [7, 11) is 0. The summed E-state index contributed by atoms with van der Waals surface area (Å²) in [5.41, 5.74) is 2.13. The zero-order valence-corrected chi connectivity index (χ0v) is 11.6. The van der Waals surface area contributed by atoms with E-state index in [0.717, 1.165) is 25.1 Å². The molecule has 0 atom stereocenters. The number of rotatable bonds is 7. The van der Waals surface area contributed by atoms with Crippen molar-refractivity contribution in [3.8, 4) is 0 Å². The Bertz CT molecular complexity index is 375. The lowest BCUT2D eigenvalue weighted by molar-refractivity contribution is -0.116. The summed E-state index contributed by atoms with van der Waals surface area (Å²) in [6.45, 7) is 7.20. The number of benzene rings is 1. The van der Waals surface area contributed by atoms with Crippen LogP contribution in [0.4, 0.5) is 5.69 Å². The lowest BCUT2D eigenvalue weighted by Gasteiger charge is -2.10. The molecule has 0 unspecified atom stereocenters. The van der Waals surface area contributed by atoms with Gasteiger partial charge in [-0.3, -0.25) is 4.79 Å². The Morgan fingerprint density at radius 2 is 2.00 bits per heavy atom. The number of aryl methyl sites for hydroxylation is 1. The normalized spacial score (nSPS) is 10.7. The maximum Gasteiger partial charge on any atom is 0.224 e. The molecule has 3 heteroatoms. The molecule has 0 saturated heterocycles. The molecule has 3 nitrogen and oxygen atoms in total. The predicted molar refractivity (Wildman–Crippen MR) is 76.8 cm³/mol. The van der Waals surface area contributed by atoms with Crippen molar-refractivity contribution in [1.29, 1.82) is 0 Å². The molecule has 1 amide bonds. The maximum atomic E-state index is 11.8. The highest BCUT2D eigenvalue weighted by Gasteiger charge is 2.05. The maximum absolute atomic E-state index is 11.8. The van der Waals surface area contributed by atoms with Crippen molar-refractivity contribution in [2.45, 2.75) is 46.1 Å². The average Bonchev–Trinajstić information content (AvgIpc) is 2.35. The van der Waals surface area contributed by atoms with Gasteiger partial charge in [0, 0.05) is 18.2 Å². The minimum atomic E-state index is 0.0986. The van der Waals surface area contributed by atoms with Gasteiger partial charge in [0.05, 0.1) is 0 Å². The Kier molecular flexibility index (Phi) is 6.44. The number of amides is 1. The molecule has 1 rings (SSSR count). The average molecular weight is 248 g/mol. The first-order valence-corrected chi connectivity index (χ1v) is 6.74. The Morgan fingerprint density at radius 3 is 2.67 bits per heavy atom. The fourth-order valence-electron chi connectivity index (χ4n) is 1.80. The summed E-state index contributed by atoms with van der Waals surface area (Å²) in [6, 6.07) is 8.45. The highest BCUT2D eigenvalue weighted by molar-refractivity contribution is 5.91. The Balaban J connectivity index is 2.35. The topological polar surface area (TPSA) is 41.1 Å². The number of hydrogen-bond donors (Lipinski definition) is 2. The smallest absolute Gasteiger partial charge is 0.224 e. The second-order valence-corrected chi connectivity index (χ2v) is 4.77. The van der Waals surface area contributed by atoms with Gasteiger partial charge in [-0.25, -0.2) is 0 Å². The van der Waals surface area contributed by atoms with Crippen molar-refractivity contribution in [3.05, 3.63) is 29.8 Å². The van der Waals surface area contributed by atoms with E-state index in [0.29, 0.717) is 12.5 Å². The van der Waals surface area contributed by atoms with Gasteiger partial charge in [-0.2, -0.15) is 0 Å². The molecule has 0 aliphatic carbocycles. The molecule has 0 fully saturated rings. The molecule has 0 bridgehead atoms. The number of carbonyl (C=O) groups excluding carboxylic acids is 1. The number of carbonyl (C=O) groups is 1. The second-order valence-electron chi connectivity index (χ2n) is 4.77. The summed E-state index contributed by atoms with van der Waals surface area (Å²) < 4.78 is 0. The van der Waals surface area contributed by atoms with E-state index in [1.165, 1.54) is 5.56 Å². The highest BCUT2D eigenvalue weighted by Crippen LogP contribution is 2.15. The van der Waals surface area contributed by atoms with Crippen molar-refractivity contribution >= 4 is 11.6 Å². The minimum absolute atomic E-state index is 0.0986. The first-order valence-electron chi connectivity index (χ1n) is 6.74. The van der Waals surface area contributed by atoms with Crippen LogP contribution in [0.25, 0.3) is 0 Å². The van der Waals surface area contributed by atoms with E-state index in [1.807, 2.05) is 18.2 Å². The van der Waals surface area contributed by atoms with Gasteiger partial charge >= 0.3 is 0 Å². The molecule has 100 valence electrons. The van der Waals surface area contributed by atoms with Crippen LogP contribution < -0.4 is 10.6 Å². The Labute approximate surface area is 110 Å². The minimum Gasteiger partial charge on any atom is -0.326 e. The molecular formula is C15H24N2O. The van der Waals surface area contributed by atoms with Crippen molar-refractivity contribution < 1.29 is 4.79 Å². The third kappa shape index (κ3) is 5.32. The standard InChI is InChI=1S/C15H24N2O/c1-4-13-8-5-6-9-14(13)17-15(18)10-7-11-16-12(2)3/h5-6,8-9,12,16H,4,7,10-11H2,1-3H3,(H,17,18). The molecule has 0 aromatic heterocycles. The van der Waals surface area contributed by atoms with Gasteiger partial charge in [0.1, 0.15) is 0 Å². The van der Waals surface area contributed by atoms with E-state index in [-0.39, 0.29) is 5.91 Å². The molecule has 1 aromatic carbocycles. The summed E-state index contributed by atoms with van der Waals surface area (Å²) in [5, 5.41) is 6.29. The van der Waals surface area contributed by atoms with Gasteiger partial charge in [-0.1, -0.05) is 39.0 Å². The molecule has 2 N–H and O–H groups in total. The number of para-hydroxylation sites is 1. The van der Waals surface area contributed by atoms with Gasteiger partial charge in [0.15, 0.2) is 0 Å². The number of nitrogens with one attached hydrogen (secondary N) is 2. The van der Waals surface area contributed by atoms with Crippen molar-refractivity contribution in [2.24, 2.45) is 0 Å². The van der Waals surface area contributed by atoms with Crippen LogP contribution in [0.2, 0.25) is 0 Å². The van der Waals surface area contributed by atoms with Crippen LogP contribution >= 0.6 is 0 Å². The first-order chi connectivity index (χ1) is 8.63. The molecule has 0 aliphatic rings. The fraction of sp³-hybridized carbons (Fsp3) is 0.533. The van der Waals surface area contributed by atoms with Crippen molar-refractivity contribution in [2.75, 3.05) is 11.9 Å². The van der Waals surface area contributed by atoms with Crippen LogP contribution in [-0.4, -0.2) is 18.5 Å². The molecule has 18 heavy (non-hydrogen) atoms. The zero-order chi connectivity index (χ0) is 13.4. The summed E-state index contributed by atoms with van der Waals surface area (Å²) in [5.74, 6) is 0.0986.